The Morgan fingerprint density at radius 2 is 2.21 bits per heavy atom. The van der Waals surface area contributed by atoms with Crippen molar-refractivity contribution in [1.82, 2.24) is 10.2 Å². The number of amides is 1. The average Bonchev–Trinajstić information content (AvgIpc) is 2.41. The van der Waals surface area contributed by atoms with Crippen molar-refractivity contribution in [2.45, 2.75) is 25.8 Å². The lowest BCUT2D eigenvalue weighted by Crippen LogP contribution is -2.46. The summed E-state index contributed by atoms with van der Waals surface area (Å²) >= 11 is 3.48. The van der Waals surface area contributed by atoms with Crippen molar-refractivity contribution in [2.24, 2.45) is 0 Å². The summed E-state index contributed by atoms with van der Waals surface area (Å²) < 4.78 is 0.996. The van der Waals surface area contributed by atoms with E-state index in [1.54, 1.807) is 0 Å². The summed E-state index contributed by atoms with van der Waals surface area (Å²) in [6.45, 7) is 3.69. The van der Waals surface area contributed by atoms with Crippen LogP contribution in [0.3, 0.4) is 0 Å². The van der Waals surface area contributed by atoms with E-state index in [1.807, 2.05) is 37.1 Å². The molecule has 0 aromatic heterocycles. The molecule has 0 spiro atoms. The number of hydrogen-bond donors (Lipinski definition) is 1. The van der Waals surface area contributed by atoms with Crippen molar-refractivity contribution >= 4 is 34.2 Å². The molecule has 0 saturated carbocycles. The van der Waals surface area contributed by atoms with E-state index in [0.29, 0.717) is 6.04 Å². The SMILES string of the molecule is CNC1CCCN(C(=O)c2ccc(C)c(Br)c2)C1.Cl. The maximum atomic E-state index is 12.4. The molecular weight excluding hydrogens is 328 g/mol. The maximum Gasteiger partial charge on any atom is 0.253 e. The van der Waals surface area contributed by atoms with E-state index >= 15 is 0 Å². The van der Waals surface area contributed by atoms with E-state index in [2.05, 4.69) is 21.2 Å². The maximum absolute atomic E-state index is 12.4. The first kappa shape index (κ1) is 16.5. The average molecular weight is 348 g/mol. The second-order valence-corrected chi connectivity index (χ2v) is 5.70. The van der Waals surface area contributed by atoms with Crippen molar-refractivity contribution in [3.63, 3.8) is 0 Å². The van der Waals surface area contributed by atoms with Gasteiger partial charge in [-0.3, -0.25) is 4.79 Å². The van der Waals surface area contributed by atoms with E-state index in [4.69, 9.17) is 0 Å². The van der Waals surface area contributed by atoms with Crippen molar-refractivity contribution in [3.05, 3.63) is 33.8 Å². The first-order valence-electron chi connectivity index (χ1n) is 6.34. The van der Waals surface area contributed by atoms with E-state index in [9.17, 15) is 4.79 Å². The minimum Gasteiger partial charge on any atom is -0.337 e. The number of benzene rings is 1. The second kappa shape index (κ2) is 7.27. The highest BCUT2D eigenvalue weighted by Crippen LogP contribution is 2.20. The molecule has 0 aliphatic carbocycles. The van der Waals surface area contributed by atoms with Crippen LogP contribution in [0.15, 0.2) is 22.7 Å². The first-order chi connectivity index (χ1) is 8.61. The topological polar surface area (TPSA) is 32.3 Å². The fourth-order valence-electron chi connectivity index (χ4n) is 2.31. The molecule has 5 heteroatoms. The molecule has 1 N–H and O–H groups in total. The highest BCUT2D eigenvalue weighted by Gasteiger charge is 2.23. The molecule has 3 nitrogen and oxygen atoms in total. The molecule has 0 bridgehead atoms. The summed E-state index contributed by atoms with van der Waals surface area (Å²) in [5, 5.41) is 3.26. The Morgan fingerprint density at radius 3 is 2.84 bits per heavy atom. The number of hydrogen-bond acceptors (Lipinski definition) is 2. The van der Waals surface area contributed by atoms with Gasteiger partial charge in [0.25, 0.3) is 5.91 Å². The van der Waals surface area contributed by atoms with Crippen LogP contribution in [0, 0.1) is 6.92 Å². The van der Waals surface area contributed by atoms with Crippen molar-refractivity contribution < 1.29 is 4.79 Å². The number of carbonyl (C=O) groups is 1. The number of likely N-dealkylation sites (N-methyl/N-ethyl adjacent to an activating group) is 1. The summed E-state index contributed by atoms with van der Waals surface area (Å²) in [6.07, 6.45) is 2.22. The van der Waals surface area contributed by atoms with Gasteiger partial charge in [0.1, 0.15) is 0 Å². The monoisotopic (exact) mass is 346 g/mol. The number of carbonyl (C=O) groups excluding carboxylic acids is 1. The van der Waals surface area contributed by atoms with Gasteiger partial charge in [0.05, 0.1) is 0 Å². The molecule has 1 aliphatic rings. The lowest BCUT2D eigenvalue weighted by molar-refractivity contribution is 0.0698. The largest absolute Gasteiger partial charge is 0.337 e. The van der Waals surface area contributed by atoms with Gasteiger partial charge in [-0.05, 0) is 44.5 Å². The molecule has 106 valence electrons. The third-order valence-corrected chi connectivity index (χ3v) is 4.39. The van der Waals surface area contributed by atoms with E-state index in [-0.39, 0.29) is 18.3 Å². The number of piperidine rings is 1. The zero-order valence-corrected chi connectivity index (χ0v) is 13.7. The third kappa shape index (κ3) is 3.94. The minimum atomic E-state index is 0. The quantitative estimate of drug-likeness (QED) is 0.892. The lowest BCUT2D eigenvalue weighted by atomic mass is 10.0. The Kier molecular flexibility index (Phi) is 6.30. The Hall–Kier alpha value is -0.580. The van der Waals surface area contributed by atoms with Crippen molar-refractivity contribution in [1.29, 1.82) is 0 Å². The van der Waals surface area contributed by atoms with Crippen LogP contribution in [-0.2, 0) is 0 Å². The molecule has 1 fully saturated rings. The molecule has 19 heavy (non-hydrogen) atoms. The van der Waals surface area contributed by atoms with E-state index in [0.717, 1.165) is 41.5 Å². The van der Waals surface area contributed by atoms with Gasteiger partial charge in [-0.25, -0.2) is 0 Å². The third-order valence-electron chi connectivity index (χ3n) is 3.54. The van der Waals surface area contributed by atoms with Crippen LogP contribution in [0.25, 0.3) is 0 Å². The van der Waals surface area contributed by atoms with Crippen LogP contribution in [0.2, 0.25) is 0 Å². The molecule has 1 amide bonds. The molecule has 1 aliphatic heterocycles. The van der Waals surface area contributed by atoms with Gasteiger partial charge >= 0.3 is 0 Å². The summed E-state index contributed by atoms with van der Waals surface area (Å²) in [6, 6.07) is 6.24. The molecule has 0 radical (unpaired) electrons. The number of rotatable bonds is 2. The fraction of sp³-hybridized carbons (Fsp3) is 0.500. The highest BCUT2D eigenvalue weighted by atomic mass is 79.9. The Labute approximate surface area is 129 Å². The number of nitrogens with one attached hydrogen (secondary N) is 1. The number of nitrogens with zero attached hydrogens (tertiary/aromatic N) is 1. The summed E-state index contributed by atoms with van der Waals surface area (Å²) in [5.41, 5.74) is 1.92. The molecule has 1 atom stereocenters. The predicted octanol–water partition coefficient (Wildman–Crippen LogP) is 3.00. The molecule has 1 aromatic carbocycles. The zero-order chi connectivity index (χ0) is 13.1. The van der Waals surface area contributed by atoms with Crippen LogP contribution in [-0.4, -0.2) is 37.0 Å². The van der Waals surface area contributed by atoms with Gasteiger partial charge in [0.15, 0.2) is 0 Å². The van der Waals surface area contributed by atoms with Gasteiger partial charge < -0.3 is 10.2 Å². The van der Waals surface area contributed by atoms with Crippen molar-refractivity contribution in [3.8, 4) is 0 Å². The van der Waals surface area contributed by atoms with Gasteiger partial charge in [-0.1, -0.05) is 22.0 Å². The van der Waals surface area contributed by atoms with Crippen LogP contribution in [0.4, 0.5) is 0 Å². The minimum absolute atomic E-state index is 0. The van der Waals surface area contributed by atoms with Gasteiger partial charge in [0, 0.05) is 29.2 Å². The van der Waals surface area contributed by atoms with Gasteiger partial charge in [-0.2, -0.15) is 0 Å². The van der Waals surface area contributed by atoms with Gasteiger partial charge in [-0.15, -0.1) is 12.4 Å². The van der Waals surface area contributed by atoms with E-state index < -0.39 is 0 Å². The van der Waals surface area contributed by atoms with E-state index in [1.165, 1.54) is 0 Å². The Morgan fingerprint density at radius 1 is 1.47 bits per heavy atom. The molecule has 1 heterocycles. The second-order valence-electron chi connectivity index (χ2n) is 4.84. The Bertz CT molecular complexity index is 453. The molecule has 1 aromatic rings. The first-order valence-corrected chi connectivity index (χ1v) is 7.14. The Balaban J connectivity index is 0.00000180. The normalized spacial score (nSPS) is 18.9. The number of halogens is 2. The molecule has 1 saturated heterocycles. The lowest BCUT2D eigenvalue weighted by Gasteiger charge is -2.32. The molecule has 2 rings (SSSR count). The van der Waals surface area contributed by atoms with Crippen LogP contribution >= 0.6 is 28.3 Å². The summed E-state index contributed by atoms with van der Waals surface area (Å²) in [5.74, 6) is 0.135. The van der Waals surface area contributed by atoms with Crippen LogP contribution < -0.4 is 5.32 Å². The smallest absolute Gasteiger partial charge is 0.253 e. The zero-order valence-electron chi connectivity index (χ0n) is 11.3. The number of likely N-dealkylation sites (tertiary alicyclic amines) is 1. The summed E-state index contributed by atoms with van der Waals surface area (Å²) in [4.78, 5) is 14.3. The van der Waals surface area contributed by atoms with Crippen LogP contribution in [0.5, 0.6) is 0 Å². The standard InChI is InChI=1S/C14H19BrN2O.ClH/c1-10-5-6-11(8-13(10)15)14(18)17-7-3-4-12(9-17)16-2;/h5-6,8,12,16H,3-4,7,9H2,1-2H3;1H. The molecular formula is C14H20BrClN2O. The number of aryl methyl sites for hydroxylation is 1. The van der Waals surface area contributed by atoms with Crippen LogP contribution in [0.1, 0.15) is 28.8 Å². The fourth-order valence-corrected chi connectivity index (χ4v) is 2.68. The highest BCUT2D eigenvalue weighted by molar-refractivity contribution is 9.10. The predicted molar refractivity (Wildman–Crippen MR) is 84.1 cm³/mol. The summed E-state index contributed by atoms with van der Waals surface area (Å²) in [7, 11) is 1.96. The van der Waals surface area contributed by atoms with Gasteiger partial charge in [0.2, 0.25) is 0 Å². The molecule has 1 unspecified atom stereocenters. The van der Waals surface area contributed by atoms with Crippen molar-refractivity contribution in [2.75, 3.05) is 20.1 Å².